The van der Waals surface area contributed by atoms with Crippen LogP contribution in [0.5, 0.6) is 0 Å². The van der Waals surface area contributed by atoms with Crippen molar-refractivity contribution in [2.75, 3.05) is 47.9 Å². The van der Waals surface area contributed by atoms with E-state index >= 15 is 0 Å². The largest absolute Gasteiger partial charge is 0.415 e. The van der Waals surface area contributed by atoms with Gasteiger partial charge >= 0.3 is 33.3 Å². The molecule has 2 fully saturated rings. The first-order chi connectivity index (χ1) is 30.7. The lowest BCUT2D eigenvalue weighted by molar-refractivity contribution is 0.115. The molecule has 4 heterocycles. The number of piperazine rings is 1. The quantitative estimate of drug-likeness (QED) is 0.105. The monoisotopic (exact) mass is 969 g/mol. The first kappa shape index (κ1) is 48.9. The fourth-order valence-corrected chi connectivity index (χ4v) is 10.2. The SMILES string of the molecule is Cl.O=S(=O)(N1CCCCC1)N(Cc1ccc(-c2nnc(C(F)F)o2)cc1F)c1ccccc1.O=S(=O)(N1CCNCC1)N(Cc1ccc(-c2nnc(C(F)F)o2)cc1F)c1ccccc1. The predicted octanol–water partition coefficient (Wildman–Crippen LogP) is 7.94. The zero-order valence-corrected chi connectivity index (χ0v) is 36.6. The smallest absolute Gasteiger partial charge is 0.314 e. The van der Waals surface area contributed by atoms with Crippen molar-refractivity contribution < 1.29 is 52.0 Å². The van der Waals surface area contributed by atoms with Crippen LogP contribution in [0.3, 0.4) is 0 Å². The van der Waals surface area contributed by atoms with Crippen LogP contribution in [0.15, 0.2) is 106 Å². The molecule has 15 nitrogen and oxygen atoms in total. The van der Waals surface area contributed by atoms with Crippen LogP contribution in [0.4, 0.5) is 37.7 Å². The van der Waals surface area contributed by atoms with Crippen LogP contribution in [0.2, 0.25) is 0 Å². The van der Waals surface area contributed by atoms with Crippen molar-refractivity contribution in [1.29, 1.82) is 0 Å². The van der Waals surface area contributed by atoms with E-state index in [9.17, 15) is 43.2 Å². The standard InChI is InChI=1S/C21H21F3N4O3S.C20H20F3N5O3S.ClH/c22-18-13-15(20-25-26-21(31-20)19(23)24)9-10-16(18)14-28(17-7-3-1-4-8-17)32(29,30)27-11-5-2-6-12-27;21-17-12-14(19-25-26-20(31-19)18(22)23)6-7-15(17)13-28(16-4-2-1-3-5-16)32(29,30)27-10-8-24-9-11-27;/h1,3-4,7-10,13,19H,2,5-6,11-12,14H2;1-7,12,18,24H,8-11,13H2;1H. The van der Waals surface area contributed by atoms with Gasteiger partial charge in [0.15, 0.2) is 0 Å². The number of halogens is 7. The molecule has 6 aromatic rings. The number of aromatic nitrogens is 4. The second-order valence-corrected chi connectivity index (χ2v) is 18.1. The molecule has 4 aromatic carbocycles. The maximum absolute atomic E-state index is 14.9. The molecule has 0 saturated carbocycles. The Balaban J connectivity index is 0.000000212. The number of nitrogens with zero attached hydrogens (tertiary/aromatic N) is 8. The topological polar surface area (TPSA) is 171 Å². The van der Waals surface area contributed by atoms with Gasteiger partial charge in [-0.25, -0.2) is 8.78 Å². The first-order valence-corrected chi connectivity index (χ1v) is 22.7. The molecule has 2 aliphatic rings. The summed E-state index contributed by atoms with van der Waals surface area (Å²) in [5, 5.41) is 16.6. The van der Waals surface area contributed by atoms with Gasteiger partial charge < -0.3 is 14.2 Å². The highest BCUT2D eigenvalue weighted by atomic mass is 35.5. The van der Waals surface area contributed by atoms with Gasteiger partial charge in [0.2, 0.25) is 11.8 Å². The first-order valence-electron chi connectivity index (χ1n) is 19.9. The zero-order chi connectivity index (χ0) is 45.4. The number of alkyl halides is 4. The molecule has 8 rings (SSSR count). The van der Waals surface area contributed by atoms with Crippen LogP contribution in [-0.2, 0) is 33.5 Å². The van der Waals surface area contributed by atoms with Crippen LogP contribution in [0.1, 0.15) is 55.0 Å². The Kier molecular flexibility index (Phi) is 16.2. The Morgan fingerprint density at radius 1 is 0.569 bits per heavy atom. The number of para-hydroxylation sites is 2. The molecular weight excluding hydrogens is 928 g/mol. The number of nitrogens with one attached hydrogen (secondary N) is 1. The maximum atomic E-state index is 14.9. The summed E-state index contributed by atoms with van der Waals surface area (Å²) in [6.07, 6.45) is -3.35. The van der Waals surface area contributed by atoms with Crippen molar-refractivity contribution in [3.8, 4) is 22.9 Å². The van der Waals surface area contributed by atoms with Gasteiger partial charge in [0, 0.05) is 61.5 Å². The van der Waals surface area contributed by atoms with Gasteiger partial charge in [0.1, 0.15) is 11.6 Å². The minimum absolute atomic E-state index is 0. The van der Waals surface area contributed by atoms with Crippen LogP contribution in [-0.4, -0.2) is 85.1 Å². The summed E-state index contributed by atoms with van der Waals surface area (Å²) in [7, 11) is -7.81. The molecule has 0 atom stereocenters. The van der Waals surface area contributed by atoms with E-state index in [1.165, 1.54) is 37.2 Å². The Hall–Kier alpha value is -5.59. The molecule has 0 aliphatic carbocycles. The molecular formula is C41H42ClF6N9O6S2. The zero-order valence-electron chi connectivity index (χ0n) is 34.2. The Labute approximate surface area is 376 Å². The van der Waals surface area contributed by atoms with Gasteiger partial charge in [0.25, 0.3) is 11.8 Å². The Morgan fingerprint density at radius 2 is 0.969 bits per heavy atom. The van der Waals surface area contributed by atoms with E-state index in [-0.39, 0.29) is 59.5 Å². The fourth-order valence-electron chi connectivity index (χ4n) is 6.86. The average Bonchev–Trinajstić information content (AvgIpc) is 4.02. The van der Waals surface area contributed by atoms with Gasteiger partial charge in [0.05, 0.1) is 24.5 Å². The molecule has 2 saturated heterocycles. The molecule has 0 bridgehead atoms. The molecule has 0 unspecified atom stereocenters. The lowest BCUT2D eigenvalue weighted by atomic mass is 10.1. The molecule has 2 aromatic heterocycles. The fraction of sp³-hybridized carbons (Fsp3) is 0.317. The van der Waals surface area contributed by atoms with Crippen molar-refractivity contribution >= 4 is 44.2 Å². The minimum Gasteiger partial charge on any atom is -0.415 e. The third-order valence-electron chi connectivity index (χ3n) is 10.2. The summed E-state index contributed by atoms with van der Waals surface area (Å²) in [6, 6.07) is 24.6. The molecule has 0 spiro atoms. The number of anilines is 2. The second kappa shape index (κ2) is 21.6. The van der Waals surface area contributed by atoms with Crippen molar-refractivity contribution in [3.63, 3.8) is 0 Å². The third kappa shape index (κ3) is 11.6. The Morgan fingerprint density at radius 3 is 1.34 bits per heavy atom. The van der Waals surface area contributed by atoms with Crippen LogP contribution < -0.4 is 13.9 Å². The van der Waals surface area contributed by atoms with E-state index < -0.39 is 56.7 Å². The summed E-state index contributed by atoms with van der Waals surface area (Å²) >= 11 is 0. The summed E-state index contributed by atoms with van der Waals surface area (Å²) in [5.41, 5.74) is 1.27. The van der Waals surface area contributed by atoms with E-state index in [4.69, 9.17) is 8.83 Å². The number of piperidine rings is 1. The number of hydrogen-bond donors (Lipinski definition) is 1. The highest BCUT2D eigenvalue weighted by Crippen LogP contribution is 2.31. The second-order valence-electron chi connectivity index (χ2n) is 14.4. The molecule has 348 valence electrons. The minimum atomic E-state index is -3.92. The summed E-state index contributed by atoms with van der Waals surface area (Å²) in [6.45, 7) is 1.99. The molecule has 65 heavy (non-hydrogen) atoms. The van der Waals surface area contributed by atoms with E-state index in [1.54, 1.807) is 60.7 Å². The van der Waals surface area contributed by atoms with Gasteiger partial charge in [-0.05, 0) is 61.4 Å². The predicted molar refractivity (Wildman–Crippen MR) is 230 cm³/mol. The maximum Gasteiger partial charge on any atom is 0.314 e. The Bertz CT molecular complexity index is 2530. The van der Waals surface area contributed by atoms with Crippen LogP contribution in [0.25, 0.3) is 22.9 Å². The normalized spacial score (nSPS) is 15.0. The molecule has 0 radical (unpaired) electrons. The highest BCUT2D eigenvalue weighted by molar-refractivity contribution is 7.90. The van der Waals surface area contributed by atoms with Crippen LogP contribution >= 0.6 is 12.4 Å². The van der Waals surface area contributed by atoms with Gasteiger partial charge in [-0.1, -0.05) is 55.0 Å². The van der Waals surface area contributed by atoms with E-state index in [0.29, 0.717) is 50.6 Å². The molecule has 24 heteroatoms. The molecule has 0 amide bonds. The van der Waals surface area contributed by atoms with Crippen LogP contribution in [0, 0.1) is 11.6 Å². The van der Waals surface area contributed by atoms with Crippen molar-refractivity contribution in [1.82, 2.24) is 34.3 Å². The average molecular weight is 970 g/mol. The highest BCUT2D eigenvalue weighted by Gasteiger charge is 2.33. The molecule has 2 aliphatic heterocycles. The van der Waals surface area contributed by atoms with Crippen molar-refractivity contribution in [2.24, 2.45) is 0 Å². The van der Waals surface area contributed by atoms with Crippen molar-refractivity contribution in [3.05, 3.63) is 132 Å². The number of hydrogen-bond acceptors (Lipinski definition) is 11. The summed E-state index contributed by atoms with van der Waals surface area (Å²) in [5.74, 6) is -3.65. The number of rotatable bonds is 14. The van der Waals surface area contributed by atoms with E-state index in [0.717, 1.165) is 35.7 Å². The lowest BCUT2D eigenvalue weighted by Gasteiger charge is -2.33. The van der Waals surface area contributed by atoms with Crippen molar-refractivity contribution in [2.45, 2.75) is 45.2 Å². The van der Waals surface area contributed by atoms with Gasteiger partial charge in [-0.2, -0.15) is 43.0 Å². The van der Waals surface area contributed by atoms with Gasteiger partial charge in [-0.3, -0.25) is 8.61 Å². The molecule has 1 N–H and O–H groups in total. The van der Waals surface area contributed by atoms with E-state index in [1.807, 2.05) is 0 Å². The summed E-state index contributed by atoms with van der Waals surface area (Å²) < 4.78 is 149. The third-order valence-corrected chi connectivity index (χ3v) is 14.0. The number of benzene rings is 4. The van der Waals surface area contributed by atoms with E-state index in [2.05, 4.69) is 25.7 Å². The summed E-state index contributed by atoms with van der Waals surface area (Å²) in [4.78, 5) is 0. The van der Waals surface area contributed by atoms with Gasteiger partial charge in [-0.15, -0.1) is 32.8 Å². The lowest BCUT2D eigenvalue weighted by Crippen LogP contribution is -2.51.